The zero-order chi connectivity index (χ0) is 19.4. The predicted octanol–water partition coefficient (Wildman–Crippen LogP) is 4.18. The molecule has 1 aromatic carbocycles. The Morgan fingerprint density at radius 1 is 1.15 bits per heavy atom. The molecule has 144 valence electrons. The Balaban J connectivity index is 1.55. The average molecular weight is 396 g/mol. The Morgan fingerprint density at radius 3 is 2.48 bits per heavy atom. The van der Waals surface area contributed by atoms with E-state index < -0.39 is 11.7 Å². The minimum atomic E-state index is -4.39. The van der Waals surface area contributed by atoms with Gasteiger partial charge in [0.1, 0.15) is 5.82 Å². The number of halogens is 3. The normalized spacial score (nSPS) is 15.0. The fourth-order valence-corrected chi connectivity index (χ4v) is 3.24. The van der Waals surface area contributed by atoms with Crippen molar-refractivity contribution in [3.05, 3.63) is 48.2 Å². The summed E-state index contributed by atoms with van der Waals surface area (Å²) in [5, 5.41) is 2.88. The van der Waals surface area contributed by atoms with Gasteiger partial charge in [-0.2, -0.15) is 13.2 Å². The molecule has 1 fully saturated rings. The Labute approximate surface area is 159 Å². The van der Waals surface area contributed by atoms with Crippen molar-refractivity contribution >= 4 is 29.3 Å². The van der Waals surface area contributed by atoms with Gasteiger partial charge < -0.3 is 15.1 Å². The standard InChI is InChI=1S/C18H19F3N4OS/c1-27-15-4-2-3-14(11-15)23-17(26)25-9-7-24(8-10-25)16-6-5-13(12-22-16)18(19,20)21/h2-6,11-12H,7-10H2,1H3,(H,23,26). The van der Waals surface area contributed by atoms with E-state index in [0.717, 1.165) is 22.8 Å². The summed E-state index contributed by atoms with van der Waals surface area (Å²) in [7, 11) is 0. The smallest absolute Gasteiger partial charge is 0.353 e. The van der Waals surface area contributed by atoms with Crippen LogP contribution < -0.4 is 10.2 Å². The van der Waals surface area contributed by atoms with Crippen molar-refractivity contribution in [3.8, 4) is 0 Å². The molecule has 0 spiro atoms. The van der Waals surface area contributed by atoms with Crippen molar-refractivity contribution in [3.63, 3.8) is 0 Å². The predicted molar refractivity (Wildman–Crippen MR) is 100 cm³/mol. The molecule has 0 radical (unpaired) electrons. The monoisotopic (exact) mass is 396 g/mol. The van der Waals surface area contributed by atoms with Crippen molar-refractivity contribution < 1.29 is 18.0 Å². The lowest BCUT2D eigenvalue weighted by molar-refractivity contribution is -0.137. The summed E-state index contributed by atoms with van der Waals surface area (Å²) in [5.41, 5.74) is -0.0320. The first-order valence-electron chi connectivity index (χ1n) is 8.35. The lowest BCUT2D eigenvalue weighted by Gasteiger charge is -2.35. The number of carbonyl (C=O) groups excluding carboxylic acids is 1. The van der Waals surface area contributed by atoms with Crippen LogP contribution >= 0.6 is 11.8 Å². The second-order valence-electron chi connectivity index (χ2n) is 6.04. The summed E-state index contributed by atoms with van der Waals surface area (Å²) in [6.45, 7) is 1.96. The molecular weight excluding hydrogens is 377 g/mol. The quantitative estimate of drug-likeness (QED) is 0.791. The molecule has 1 N–H and O–H groups in total. The van der Waals surface area contributed by atoms with Crippen LogP contribution in [0.1, 0.15) is 5.56 Å². The molecular formula is C18H19F3N4OS. The van der Waals surface area contributed by atoms with Gasteiger partial charge in [-0.1, -0.05) is 6.07 Å². The number of nitrogens with one attached hydrogen (secondary N) is 1. The van der Waals surface area contributed by atoms with E-state index in [0.29, 0.717) is 32.0 Å². The van der Waals surface area contributed by atoms with Gasteiger partial charge in [0.15, 0.2) is 0 Å². The van der Waals surface area contributed by atoms with Crippen LogP contribution in [0.4, 0.5) is 29.5 Å². The Morgan fingerprint density at radius 2 is 1.89 bits per heavy atom. The molecule has 9 heteroatoms. The fourth-order valence-electron chi connectivity index (χ4n) is 2.78. The molecule has 1 saturated heterocycles. The van der Waals surface area contributed by atoms with Gasteiger partial charge in [-0.3, -0.25) is 0 Å². The highest BCUT2D eigenvalue weighted by Crippen LogP contribution is 2.29. The van der Waals surface area contributed by atoms with Gasteiger partial charge in [0, 0.05) is 43.0 Å². The molecule has 2 aromatic rings. The summed E-state index contributed by atoms with van der Waals surface area (Å²) >= 11 is 1.60. The Kier molecular flexibility index (Phi) is 5.79. The molecule has 1 aliphatic heterocycles. The summed E-state index contributed by atoms with van der Waals surface area (Å²) in [5.74, 6) is 0.482. The third-order valence-corrected chi connectivity index (χ3v) is 5.01. The van der Waals surface area contributed by atoms with Crippen LogP contribution in [0.15, 0.2) is 47.5 Å². The number of alkyl halides is 3. The molecule has 27 heavy (non-hydrogen) atoms. The van der Waals surface area contributed by atoms with Crippen molar-refractivity contribution in [1.29, 1.82) is 0 Å². The van der Waals surface area contributed by atoms with Crippen LogP contribution in [0.2, 0.25) is 0 Å². The molecule has 1 aromatic heterocycles. The van der Waals surface area contributed by atoms with Crippen LogP contribution in [0.25, 0.3) is 0 Å². The van der Waals surface area contributed by atoms with E-state index >= 15 is 0 Å². The number of amides is 2. The van der Waals surface area contributed by atoms with Crippen molar-refractivity contribution in [2.75, 3.05) is 42.7 Å². The molecule has 2 amide bonds. The van der Waals surface area contributed by atoms with E-state index in [1.54, 1.807) is 16.7 Å². The van der Waals surface area contributed by atoms with Crippen LogP contribution in [0.5, 0.6) is 0 Å². The summed E-state index contributed by atoms with van der Waals surface area (Å²) in [6.07, 6.45) is -1.58. The summed E-state index contributed by atoms with van der Waals surface area (Å²) < 4.78 is 37.9. The zero-order valence-electron chi connectivity index (χ0n) is 14.7. The minimum absolute atomic E-state index is 0.187. The van der Waals surface area contributed by atoms with E-state index in [1.807, 2.05) is 35.4 Å². The number of pyridine rings is 1. The zero-order valence-corrected chi connectivity index (χ0v) is 15.5. The lowest BCUT2D eigenvalue weighted by atomic mass is 10.2. The van der Waals surface area contributed by atoms with Gasteiger partial charge in [-0.15, -0.1) is 11.8 Å². The Hall–Kier alpha value is -2.42. The maximum Gasteiger partial charge on any atom is 0.417 e. The van der Waals surface area contributed by atoms with E-state index in [2.05, 4.69) is 10.3 Å². The van der Waals surface area contributed by atoms with E-state index in [1.165, 1.54) is 6.07 Å². The van der Waals surface area contributed by atoms with E-state index in [-0.39, 0.29) is 6.03 Å². The molecule has 5 nitrogen and oxygen atoms in total. The molecule has 0 bridgehead atoms. The number of aromatic nitrogens is 1. The summed E-state index contributed by atoms with van der Waals surface area (Å²) in [6, 6.07) is 9.80. The molecule has 0 saturated carbocycles. The molecule has 3 rings (SSSR count). The van der Waals surface area contributed by atoms with Gasteiger partial charge in [-0.25, -0.2) is 9.78 Å². The minimum Gasteiger partial charge on any atom is -0.353 e. The van der Waals surface area contributed by atoms with Crippen molar-refractivity contribution in [1.82, 2.24) is 9.88 Å². The van der Waals surface area contributed by atoms with Crippen LogP contribution in [0, 0.1) is 0 Å². The number of piperazine rings is 1. The lowest BCUT2D eigenvalue weighted by Crippen LogP contribution is -2.50. The molecule has 0 aliphatic carbocycles. The van der Waals surface area contributed by atoms with Gasteiger partial charge in [0.2, 0.25) is 0 Å². The number of carbonyl (C=O) groups is 1. The van der Waals surface area contributed by atoms with Crippen molar-refractivity contribution in [2.45, 2.75) is 11.1 Å². The largest absolute Gasteiger partial charge is 0.417 e. The first-order chi connectivity index (χ1) is 12.9. The van der Waals surface area contributed by atoms with Crippen LogP contribution in [-0.4, -0.2) is 48.3 Å². The third-order valence-electron chi connectivity index (χ3n) is 4.29. The topological polar surface area (TPSA) is 48.5 Å². The maximum absolute atomic E-state index is 12.6. The Bertz CT molecular complexity index is 790. The molecule has 2 heterocycles. The first kappa shape index (κ1) is 19.3. The molecule has 0 atom stereocenters. The number of thioether (sulfide) groups is 1. The van der Waals surface area contributed by atoms with E-state index in [4.69, 9.17) is 0 Å². The van der Waals surface area contributed by atoms with Gasteiger partial charge in [-0.05, 0) is 36.6 Å². The van der Waals surface area contributed by atoms with Gasteiger partial charge >= 0.3 is 12.2 Å². The first-order valence-corrected chi connectivity index (χ1v) is 9.57. The highest BCUT2D eigenvalue weighted by atomic mass is 32.2. The van der Waals surface area contributed by atoms with Gasteiger partial charge in [0.25, 0.3) is 0 Å². The second-order valence-corrected chi connectivity index (χ2v) is 6.92. The number of rotatable bonds is 3. The SMILES string of the molecule is CSc1cccc(NC(=O)N2CCN(c3ccc(C(F)(F)F)cn3)CC2)c1. The molecule has 1 aliphatic rings. The van der Waals surface area contributed by atoms with Crippen molar-refractivity contribution in [2.24, 2.45) is 0 Å². The number of benzene rings is 1. The highest BCUT2D eigenvalue weighted by molar-refractivity contribution is 7.98. The average Bonchev–Trinajstić information content (AvgIpc) is 2.67. The number of urea groups is 1. The van der Waals surface area contributed by atoms with Gasteiger partial charge in [0.05, 0.1) is 5.56 Å². The van der Waals surface area contributed by atoms with E-state index in [9.17, 15) is 18.0 Å². The second kappa shape index (κ2) is 8.08. The number of anilines is 2. The fraction of sp³-hybridized carbons (Fsp3) is 0.333. The number of hydrogen-bond acceptors (Lipinski definition) is 4. The highest BCUT2D eigenvalue weighted by Gasteiger charge is 2.31. The third kappa shape index (κ3) is 4.85. The number of hydrogen-bond donors (Lipinski definition) is 1. The number of nitrogens with zero attached hydrogens (tertiary/aromatic N) is 3. The van der Waals surface area contributed by atoms with Crippen LogP contribution in [-0.2, 0) is 6.18 Å². The van der Waals surface area contributed by atoms with Crippen LogP contribution in [0.3, 0.4) is 0 Å². The maximum atomic E-state index is 12.6. The molecule has 0 unspecified atom stereocenters. The summed E-state index contributed by atoms with van der Waals surface area (Å²) in [4.78, 5) is 20.9.